The summed E-state index contributed by atoms with van der Waals surface area (Å²) in [6, 6.07) is 0. The van der Waals surface area contributed by atoms with Gasteiger partial charge in [0, 0.05) is 13.0 Å². The van der Waals surface area contributed by atoms with Crippen molar-refractivity contribution in [3.05, 3.63) is 0 Å². The van der Waals surface area contributed by atoms with Crippen molar-refractivity contribution in [3.63, 3.8) is 0 Å². The lowest BCUT2D eigenvalue weighted by molar-refractivity contribution is -0.176. The van der Waals surface area contributed by atoms with Gasteiger partial charge in [-0.3, -0.25) is 4.79 Å². The third-order valence-corrected chi connectivity index (χ3v) is 3.74. The van der Waals surface area contributed by atoms with E-state index in [0.29, 0.717) is 12.5 Å². The van der Waals surface area contributed by atoms with E-state index in [1.54, 1.807) is 7.11 Å². The molecule has 0 unspecified atom stereocenters. The van der Waals surface area contributed by atoms with E-state index < -0.39 is 11.0 Å². The lowest BCUT2D eigenvalue weighted by Gasteiger charge is -2.38. The summed E-state index contributed by atoms with van der Waals surface area (Å²) < 4.78 is 10.8. The molecule has 0 bridgehead atoms. The van der Waals surface area contributed by atoms with Crippen LogP contribution < -0.4 is 5.32 Å². The molecule has 0 amide bonds. The van der Waals surface area contributed by atoms with E-state index in [0.717, 1.165) is 25.9 Å². The van der Waals surface area contributed by atoms with Crippen LogP contribution in [0.15, 0.2) is 0 Å². The van der Waals surface area contributed by atoms with E-state index >= 15 is 0 Å². The van der Waals surface area contributed by atoms with Crippen molar-refractivity contribution in [2.45, 2.75) is 46.1 Å². The maximum absolute atomic E-state index is 12.2. The van der Waals surface area contributed by atoms with Gasteiger partial charge in [0.15, 0.2) is 0 Å². The van der Waals surface area contributed by atoms with Crippen LogP contribution in [0.3, 0.4) is 0 Å². The van der Waals surface area contributed by atoms with Crippen molar-refractivity contribution >= 4 is 5.97 Å². The van der Waals surface area contributed by atoms with Gasteiger partial charge in [0.05, 0.1) is 12.0 Å². The molecule has 4 nitrogen and oxygen atoms in total. The van der Waals surface area contributed by atoms with Gasteiger partial charge in [-0.05, 0) is 53.6 Å². The van der Waals surface area contributed by atoms with Crippen LogP contribution in [0.4, 0.5) is 0 Å². The fraction of sp³-hybridized carbons (Fsp3) is 0.929. The highest BCUT2D eigenvalue weighted by molar-refractivity contribution is 5.76. The van der Waals surface area contributed by atoms with E-state index in [1.807, 2.05) is 27.7 Å². The molecule has 1 aliphatic rings. The second kappa shape index (κ2) is 6.02. The average Bonchev–Trinajstić information content (AvgIpc) is 2.29. The second-order valence-corrected chi connectivity index (χ2v) is 6.33. The summed E-state index contributed by atoms with van der Waals surface area (Å²) in [7, 11) is 1.60. The van der Waals surface area contributed by atoms with Crippen molar-refractivity contribution in [2.24, 2.45) is 11.3 Å². The minimum absolute atomic E-state index is 0.173. The van der Waals surface area contributed by atoms with E-state index in [9.17, 15) is 4.79 Å². The van der Waals surface area contributed by atoms with E-state index in [1.165, 1.54) is 0 Å². The topological polar surface area (TPSA) is 47.6 Å². The molecule has 1 saturated heterocycles. The molecule has 0 aromatic rings. The van der Waals surface area contributed by atoms with Crippen molar-refractivity contribution in [1.29, 1.82) is 0 Å². The number of hydrogen-bond donors (Lipinski definition) is 1. The highest BCUT2D eigenvalue weighted by atomic mass is 16.6. The first-order chi connectivity index (χ1) is 8.29. The third kappa shape index (κ3) is 3.95. The normalized spacial score (nSPS) is 18.7. The molecule has 0 saturated carbocycles. The SMILES string of the molecule is COCC(C)(C)C(=O)OC(C)(C)C1CCNCC1. The molecule has 18 heavy (non-hydrogen) atoms. The molecule has 106 valence electrons. The van der Waals surface area contributed by atoms with E-state index in [4.69, 9.17) is 9.47 Å². The summed E-state index contributed by atoms with van der Waals surface area (Å²) in [5.74, 6) is 0.258. The highest BCUT2D eigenvalue weighted by Gasteiger charge is 2.38. The Hall–Kier alpha value is -0.610. The van der Waals surface area contributed by atoms with Gasteiger partial charge in [-0.15, -0.1) is 0 Å². The Morgan fingerprint density at radius 2 is 1.78 bits per heavy atom. The molecule has 1 heterocycles. The zero-order valence-corrected chi connectivity index (χ0v) is 12.3. The Bertz CT molecular complexity index is 281. The number of rotatable bonds is 5. The number of esters is 1. The monoisotopic (exact) mass is 257 g/mol. The van der Waals surface area contributed by atoms with E-state index in [-0.39, 0.29) is 5.97 Å². The molecule has 1 rings (SSSR count). The Morgan fingerprint density at radius 1 is 1.22 bits per heavy atom. The summed E-state index contributed by atoms with van der Waals surface area (Å²) in [4.78, 5) is 12.2. The third-order valence-electron chi connectivity index (χ3n) is 3.74. The molecule has 0 aromatic carbocycles. The van der Waals surface area contributed by atoms with E-state index in [2.05, 4.69) is 5.32 Å². The summed E-state index contributed by atoms with van der Waals surface area (Å²) in [6.45, 7) is 10.1. The van der Waals surface area contributed by atoms with Gasteiger partial charge < -0.3 is 14.8 Å². The van der Waals surface area contributed by atoms with Crippen LogP contribution in [0.25, 0.3) is 0 Å². The first kappa shape index (κ1) is 15.4. The quantitative estimate of drug-likeness (QED) is 0.765. The number of methoxy groups -OCH3 is 1. The number of nitrogens with one attached hydrogen (secondary N) is 1. The van der Waals surface area contributed by atoms with Crippen molar-refractivity contribution in [2.75, 3.05) is 26.8 Å². The maximum Gasteiger partial charge on any atom is 0.314 e. The Morgan fingerprint density at radius 3 is 2.28 bits per heavy atom. The predicted molar refractivity (Wildman–Crippen MR) is 71.4 cm³/mol. The van der Waals surface area contributed by atoms with Gasteiger partial charge >= 0.3 is 5.97 Å². The summed E-state index contributed by atoms with van der Waals surface area (Å²) in [5.41, 5.74) is -0.983. The van der Waals surface area contributed by atoms with Crippen LogP contribution in [-0.2, 0) is 14.3 Å². The molecule has 0 spiro atoms. The fourth-order valence-electron chi connectivity index (χ4n) is 2.40. The van der Waals surface area contributed by atoms with Crippen molar-refractivity contribution in [3.8, 4) is 0 Å². The first-order valence-electron chi connectivity index (χ1n) is 6.73. The van der Waals surface area contributed by atoms with Crippen molar-refractivity contribution in [1.82, 2.24) is 5.32 Å². The molecular weight excluding hydrogens is 230 g/mol. The van der Waals surface area contributed by atoms with Gasteiger partial charge in [-0.2, -0.15) is 0 Å². The molecule has 0 aliphatic carbocycles. The molecule has 1 fully saturated rings. The largest absolute Gasteiger partial charge is 0.459 e. The molecule has 0 atom stereocenters. The molecule has 0 radical (unpaired) electrons. The number of carbonyl (C=O) groups excluding carboxylic acids is 1. The maximum atomic E-state index is 12.2. The number of ether oxygens (including phenoxy) is 2. The highest BCUT2D eigenvalue weighted by Crippen LogP contribution is 2.31. The van der Waals surface area contributed by atoms with Gasteiger partial charge in [0.25, 0.3) is 0 Å². The molecule has 1 aliphatic heterocycles. The minimum Gasteiger partial charge on any atom is -0.459 e. The number of hydrogen-bond acceptors (Lipinski definition) is 4. The Labute approximate surface area is 110 Å². The predicted octanol–water partition coefficient (Wildman–Crippen LogP) is 1.98. The minimum atomic E-state index is -0.584. The molecule has 4 heteroatoms. The van der Waals surface area contributed by atoms with Crippen LogP contribution >= 0.6 is 0 Å². The van der Waals surface area contributed by atoms with Crippen LogP contribution in [-0.4, -0.2) is 38.4 Å². The van der Waals surface area contributed by atoms with Crippen LogP contribution in [0.1, 0.15) is 40.5 Å². The van der Waals surface area contributed by atoms with Crippen molar-refractivity contribution < 1.29 is 14.3 Å². The van der Waals surface area contributed by atoms with Gasteiger partial charge in [0.2, 0.25) is 0 Å². The zero-order chi connectivity index (χ0) is 13.8. The first-order valence-corrected chi connectivity index (χ1v) is 6.73. The van der Waals surface area contributed by atoms with Gasteiger partial charge in [-0.25, -0.2) is 0 Å². The number of carbonyl (C=O) groups is 1. The Kier molecular flexibility index (Phi) is 5.17. The van der Waals surface area contributed by atoms with Gasteiger partial charge in [-0.1, -0.05) is 0 Å². The summed E-state index contributed by atoms with van der Waals surface area (Å²) in [6.07, 6.45) is 2.12. The van der Waals surface area contributed by atoms with Crippen LogP contribution in [0.2, 0.25) is 0 Å². The van der Waals surface area contributed by atoms with Crippen LogP contribution in [0, 0.1) is 11.3 Å². The fourth-order valence-corrected chi connectivity index (χ4v) is 2.40. The average molecular weight is 257 g/mol. The molecule has 0 aromatic heterocycles. The second-order valence-electron chi connectivity index (χ2n) is 6.33. The Balaban J connectivity index is 2.61. The molecule has 1 N–H and O–H groups in total. The lowest BCUT2D eigenvalue weighted by atomic mass is 9.83. The van der Waals surface area contributed by atoms with Gasteiger partial charge in [0.1, 0.15) is 5.60 Å². The summed E-state index contributed by atoms with van der Waals surface area (Å²) >= 11 is 0. The summed E-state index contributed by atoms with van der Waals surface area (Å²) in [5, 5.41) is 3.33. The smallest absolute Gasteiger partial charge is 0.314 e. The lowest BCUT2D eigenvalue weighted by Crippen LogP contribution is -2.45. The van der Waals surface area contributed by atoms with Crippen LogP contribution in [0.5, 0.6) is 0 Å². The standard InChI is InChI=1S/C14H27NO3/c1-13(2,10-17-5)12(16)18-14(3,4)11-6-8-15-9-7-11/h11,15H,6-10H2,1-5H3. The molecular formula is C14H27NO3. The number of piperidine rings is 1. The zero-order valence-electron chi connectivity index (χ0n) is 12.3.